The van der Waals surface area contributed by atoms with Crippen LogP contribution in [0.4, 0.5) is 0 Å². The molecule has 2 amide bonds. The van der Waals surface area contributed by atoms with Gasteiger partial charge in [0.25, 0.3) is 0 Å². The van der Waals surface area contributed by atoms with Gasteiger partial charge in [-0.1, -0.05) is 38.5 Å². The second kappa shape index (κ2) is 7.99. The van der Waals surface area contributed by atoms with E-state index in [1.807, 2.05) is 46.8 Å². The molecule has 0 saturated carbocycles. The van der Waals surface area contributed by atoms with Gasteiger partial charge in [-0.3, -0.25) is 14.4 Å². The summed E-state index contributed by atoms with van der Waals surface area (Å²) in [6.45, 7) is 10.0. The Balaban J connectivity index is 1.89. The van der Waals surface area contributed by atoms with Crippen molar-refractivity contribution in [3.63, 3.8) is 0 Å². The Bertz CT molecular complexity index is 861. The van der Waals surface area contributed by atoms with Gasteiger partial charge in [-0.2, -0.15) is 0 Å². The van der Waals surface area contributed by atoms with E-state index in [2.05, 4.69) is 0 Å². The molecule has 4 aliphatic rings. The highest BCUT2D eigenvalue weighted by atomic mass is 16.6. The van der Waals surface area contributed by atoms with Crippen molar-refractivity contribution in [1.29, 1.82) is 0 Å². The topological polar surface area (TPSA) is 96.4 Å². The third-order valence-corrected chi connectivity index (χ3v) is 7.51. The number of ether oxygens (including phenoxy) is 2. The molecule has 0 aromatic heterocycles. The van der Waals surface area contributed by atoms with E-state index < -0.39 is 47.1 Å². The van der Waals surface area contributed by atoms with E-state index in [0.717, 1.165) is 6.42 Å². The van der Waals surface area contributed by atoms with Crippen LogP contribution in [-0.2, 0) is 23.9 Å². The number of fused-ring (bicyclic) bond motifs is 2. The van der Waals surface area contributed by atoms with Gasteiger partial charge in [0, 0.05) is 12.1 Å². The van der Waals surface area contributed by atoms with E-state index in [9.17, 15) is 19.5 Å². The molecule has 1 spiro atoms. The van der Waals surface area contributed by atoms with Crippen molar-refractivity contribution in [2.24, 2.45) is 17.8 Å². The minimum Gasteiger partial charge on any atom is -0.461 e. The molecular formula is C24H34N2O6. The Morgan fingerprint density at radius 3 is 2.56 bits per heavy atom. The summed E-state index contributed by atoms with van der Waals surface area (Å²) in [5, 5.41) is 10.3. The lowest BCUT2D eigenvalue weighted by Gasteiger charge is -2.43. The van der Waals surface area contributed by atoms with Crippen molar-refractivity contribution in [1.82, 2.24) is 9.80 Å². The zero-order chi connectivity index (χ0) is 23.4. The van der Waals surface area contributed by atoms with E-state index in [1.54, 1.807) is 17.1 Å². The number of nitrogens with zero attached hydrogens (tertiary/aromatic N) is 2. The number of cyclic esters (lactones) is 1. The minimum atomic E-state index is -1.29. The van der Waals surface area contributed by atoms with Gasteiger partial charge < -0.3 is 24.4 Å². The molecule has 0 aromatic carbocycles. The van der Waals surface area contributed by atoms with Crippen LogP contribution in [0.3, 0.4) is 0 Å². The second-order valence-electron chi connectivity index (χ2n) is 10.3. The van der Waals surface area contributed by atoms with E-state index in [1.165, 1.54) is 4.90 Å². The molecule has 1 N–H and O–H groups in total. The number of hydrogen-bond donors (Lipinski definition) is 1. The summed E-state index contributed by atoms with van der Waals surface area (Å²) < 4.78 is 11.8. The summed E-state index contributed by atoms with van der Waals surface area (Å²) in [6, 6.07) is -1.52. The summed E-state index contributed by atoms with van der Waals surface area (Å²) in [7, 11) is 0. The third kappa shape index (κ3) is 3.22. The number of carbonyl (C=O) groups is 3. The smallest absolute Gasteiger partial charge is 0.313 e. The molecule has 8 nitrogen and oxygen atoms in total. The standard InChI is InChI=1S/C24H34N2O6/c1-6-14(2)15(13-27)26-19-21(29)25(23(3,4)5)11-8-10-24(19)18(20(26)28)17-16(32-24)9-7-12-31-22(17)30/h7-10,14-19,27H,6,11-13H2,1-5H3/t14-,15-,16+,17-,18-,19?,24-/m0/s1. The monoisotopic (exact) mass is 446 g/mol. The van der Waals surface area contributed by atoms with Gasteiger partial charge >= 0.3 is 5.97 Å². The molecule has 0 bridgehead atoms. The zero-order valence-corrected chi connectivity index (χ0v) is 19.5. The quantitative estimate of drug-likeness (QED) is 0.516. The normalized spacial score (nSPS) is 36.2. The predicted octanol–water partition coefficient (Wildman–Crippen LogP) is 1.28. The highest BCUT2D eigenvalue weighted by Gasteiger charge is 2.73. The lowest BCUT2D eigenvalue weighted by molar-refractivity contribution is -0.157. The van der Waals surface area contributed by atoms with Gasteiger partial charge in [0.05, 0.1) is 24.7 Å². The number of aliphatic hydroxyl groups excluding tert-OH is 1. The third-order valence-electron chi connectivity index (χ3n) is 7.51. The Kier molecular flexibility index (Phi) is 5.74. The lowest BCUT2D eigenvalue weighted by Crippen LogP contribution is -2.61. The van der Waals surface area contributed by atoms with Crippen LogP contribution in [0.5, 0.6) is 0 Å². The highest BCUT2D eigenvalue weighted by Crippen LogP contribution is 2.54. The fourth-order valence-electron chi connectivity index (χ4n) is 5.68. The van der Waals surface area contributed by atoms with Crippen molar-refractivity contribution < 1.29 is 29.0 Å². The molecule has 8 heteroatoms. The maximum absolute atomic E-state index is 14.0. The minimum absolute atomic E-state index is 0.0419. The zero-order valence-electron chi connectivity index (χ0n) is 19.5. The van der Waals surface area contributed by atoms with Crippen LogP contribution in [0.1, 0.15) is 41.0 Å². The molecule has 4 aliphatic heterocycles. The van der Waals surface area contributed by atoms with Gasteiger partial charge in [0.1, 0.15) is 24.2 Å². The first-order valence-electron chi connectivity index (χ1n) is 11.5. The molecule has 1 unspecified atom stereocenters. The number of likely N-dealkylation sites (tertiary alicyclic amines) is 1. The SMILES string of the molecule is CC[C@H](C)[C@H](CO)N1C(=O)[C@@H]2[C@H]3C(=O)OCC=C[C@H]3O[C@@]23C=CCN(C(C)(C)C)C(=O)C13. The van der Waals surface area contributed by atoms with Crippen LogP contribution in [0.25, 0.3) is 0 Å². The maximum Gasteiger partial charge on any atom is 0.313 e. The average molecular weight is 447 g/mol. The first kappa shape index (κ1) is 23.0. The van der Waals surface area contributed by atoms with Crippen molar-refractivity contribution in [3.05, 3.63) is 24.3 Å². The van der Waals surface area contributed by atoms with Crippen molar-refractivity contribution in [2.45, 2.75) is 70.4 Å². The highest BCUT2D eigenvalue weighted by molar-refractivity contribution is 5.99. The van der Waals surface area contributed by atoms with Crippen LogP contribution >= 0.6 is 0 Å². The number of rotatable bonds is 4. The number of esters is 1. The van der Waals surface area contributed by atoms with Crippen LogP contribution in [0.2, 0.25) is 0 Å². The van der Waals surface area contributed by atoms with E-state index in [-0.39, 0.29) is 30.9 Å². The molecular weight excluding hydrogens is 412 g/mol. The summed E-state index contributed by atoms with van der Waals surface area (Å²) in [4.78, 5) is 44.2. The van der Waals surface area contributed by atoms with Crippen LogP contribution in [0, 0.1) is 17.8 Å². The summed E-state index contributed by atoms with van der Waals surface area (Å²) >= 11 is 0. The first-order valence-corrected chi connectivity index (χ1v) is 11.5. The fourth-order valence-corrected chi connectivity index (χ4v) is 5.68. The summed E-state index contributed by atoms with van der Waals surface area (Å²) in [5.74, 6) is -2.80. The van der Waals surface area contributed by atoms with E-state index >= 15 is 0 Å². The predicted molar refractivity (Wildman–Crippen MR) is 116 cm³/mol. The Morgan fingerprint density at radius 2 is 1.94 bits per heavy atom. The lowest BCUT2D eigenvalue weighted by atomic mass is 9.78. The molecule has 7 atom stereocenters. The van der Waals surface area contributed by atoms with Crippen molar-refractivity contribution in [3.8, 4) is 0 Å². The molecule has 0 aliphatic carbocycles. The molecule has 32 heavy (non-hydrogen) atoms. The molecule has 0 radical (unpaired) electrons. The molecule has 4 rings (SSSR count). The van der Waals surface area contributed by atoms with Gasteiger partial charge in [-0.25, -0.2) is 0 Å². The van der Waals surface area contributed by atoms with Gasteiger partial charge in [0.2, 0.25) is 11.8 Å². The van der Waals surface area contributed by atoms with Crippen LogP contribution < -0.4 is 0 Å². The number of carbonyl (C=O) groups excluding carboxylic acids is 3. The Morgan fingerprint density at radius 1 is 1.22 bits per heavy atom. The number of amides is 2. The van der Waals surface area contributed by atoms with Gasteiger partial charge in [-0.05, 0) is 32.8 Å². The molecule has 2 saturated heterocycles. The first-order chi connectivity index (χ1) is 15.1. The van der Waals surface area contributed by atoms with Gasteiger partial charge in [0.15, 0.2) is 0 Å². The average Bonchev–Trinajstić information content (AvgIpc) is 3.02. The van der Waals surface area contributed by atoms with Gasteiger partial charge in [-0.15, -0.1) is 0 Å². The maximum atomic E-state index is 14.0. The van der Waals surface area contributed by atoms with Crippen molar-refractivity contribution >= 4 is 17.8 Å². The van der Waals surface area contributed by atoms with Crippen LogP contribution in [0.15, 0.2) is 24.3 Å². The molecule has 0 aromatic rings. The summed E-state index contributed by atoms with van der Waals surface area (Å²) in [5.41, 5.74) is -1.77. The largest absolute Gasteiger partial charge is 0.461 e. The number of aliphatic hydroxyl groups is 1. The fraction of sp³-hybridized carbons (Fsp3) is 0.708. The Hall–Kier alpha value is -2.19. The Labute approximate surface area is 189 Å². The summed E-state index contributed by atoms with van der Waals surface area (Å²) in [6.07, 6.45) is 7.24. The van der Waals surface area contributed by atoms with Crippen molar-refractivity contribution in [2.75, 3.05) is 19.8 Å². The molecule has 4 heterocycles. The van der Waals surface area contributed by atoms with E-state index in [4.69, 9.17) is 9.47 Å². The van der Waals surface area contributed by atoms with Crippen LogP contribution in [-0.4, -0.2) is 81.8 Å². The molecule has 2 fully saturated rings. The molecule has 176 valence electrons. The van der Waals surface area contributed by atoms with E-state index in [0.29, 0.717) is 6.54 Å². The second-order valence-corrected chi connectivity index (χ2v) is 10.3. The number of hydrogen-bond acceptors (Lipinski definition) is 6.